The van der Waals surface area contributed by atoms with Gasteiger partial charge in [-0.2, -0.15) is 5.10 Å². The number of nitrogens with zero attached hydrogens (tertiary/aromatic N) is 2. The van der Waals surface area contributed by atoms with E-state index < -0.39 is 0 Å². The van der Waals surface area contributed by atoms with E-state index >= 15 is 0 Å². The molecule has 1 heterocycles. The van der Waals surface area contributed by atoms with Crippen molar-refractivity contribution >= 4 is 0 Å². The number of aromatic nitrogens is 2. The van der Waals surface area contributed by atoms with Crippen LogP contribution in [0.4, 0.5) is 0 Å². The molecule has 3 nitrogen and oxygen atoms in total. The molecule has 0 bridgehead atoms. The fourth-order valence-corrected chi connectivity index (χ4v) is 2.23. The molecule has 0 fully saturated rings. The maximum Gasteiger partial charge on any atom is 0.0521 e. The van der Waals surface area contributed by atoms with E-state index in [2.05, 4.69) is 44.3 Å². The van der Waals surface area contributed by atoms with Crippen LogP contribution in [0.3, 0.4) is 0 Å². The van der Waals surface area contributed by atoms with E-state index in [0.29, 0.717) is 11.5 Å². The maximum absolute atomic E-state index is 4.26. The Morgan fingerprint density at radius 2 is 2.00 bits per heavy atom. The predicted molar refractivity (Wildman–Crippen MR) is 73.1 cm³/mol. The monoisotopic (exact) mass is 237 g/mol. The lowest BCUT2D eigenvalue weighted by molar-refractivity contribution is 0.239. The van der Waals surface area contributed by atoms with Gasteiger partial charge in [0.2, 0.25) is 0 Å². The first-order chi connectivity index (χ1) is 8.01. The van der Waals surface area contributed by atoms with Crippen molar-refractivity contribution in [1.29, 1.82) is 0 Å². The quantitative estimate of drug-likeness (QED) is 0.790. The van der Waals surface area contributed by atoms with Gasteiger partial charge >= 0.3 is 0 Å². The Balaban J connectivity index is 2.69. The Labute approximate surface area is 106 Å². The van der Waals surface area contributed by atoms with E-state index in [1.807, 2.05) is 17.9 Å². The summed E-state index contributed by atoms with van der Waals surface area (Å²) in [6, 6.07) is 0.557. The van der Waals surface area contributed by atoms with Gasteiger partial charge in [0.25, 0.3) is 0 Å². The SMILES string of the molecule is CCC(CC)(CNC(C)C)Cc1cnn(C)c1. The van der Waals surface area contributed by atoms with Gasteiger partial charge in [0, 0.05) is 25.8 Å². The van der Waals surface area contributed by atoms with Gasteiger partial charge in [-0.05, 0) is 30.2 Å². The Hall–Kier alpha value is -0.830. The van der Waals surface area contributed by atoms with Crippen LogP contribution in [0.25, 0.3) is 0 Å². The van der Waals surface area contributed by atoms with Gasteiger partial charge < -0.3 is 5.32 Å². The van der Waals surface area contributed by atoms with E-state index in [0.717, 1.165) is 13.0 Å². The summed E-state index contributed by atoms with van der Waals surface area (Å²) < 4.78 is 1.89. The lowest BCUT2D eigenvalue weighted by atomic mass is 9.77. The van der Waals surface area contributed by atoms with Gasteiger partial charge in [-0.3, -0.25) is 4.68 Å². The van der Waals surface area contributed by atoms with Gasteiger partial charge in [-0.15, -0.1) is 0 Å². The second-order valence-electron chi connectivity index (χ2n) is 5.44. The summed E-state index contributed by atoms with van der Waals surface area (Å²) in [5.74, 6) is 0. The molecule has 0 saturated carbocycles. The highest BCUT2D eigenvalue weighted by atomic mass is 15.2. The molecule has 0 aliphatic heterocycles. The first-order valence-electron chi connectivity index (χ1n) is 6.72. The number of hydrogen-bond donors (Lipinski definition) is 1. The highest BCUT2D eigenvalue weighted by Gasteiger charge is 2.26. The molecule has 3 heteroatoms. The third kappa shape index (κ3) is 4.15. The average molecular weight is 237 g/mol. The van der Waals surface area contributed by atoms with E-state index in [1.165, 1.54) is 18.4 Å². The van der Waals surface area contributed by atoms with Gasteiger partial charge in [0.05, 0.1) is 6.20 Å². The molecule has 0 amide bonds. The number of rotatable bonds is 7. The molecule has 1 N–H and O–H groups in total. The summed E-state index contributed by atoms with van der Waals surface area (Å²) in [5.41, 5.74) is 1.72. The summed E-state index contributed by atoms with van der Waals surface area (Å²) in [6.07, 6.45) is 7.66. The fraction of sp³-hybridized carbons (Fsp3) is 0.786. The lowest BCUT2D eigenvalue weighted by Crippen LogP contribution is -2.38. The van der Waals surface area contributed by atoms with Crippen molar-refractivity contribution in [3.63, 3.8) is 0 Å². The average Bonchev–Trinajstić information content (AvgIpc) is 2.70. The minimum Gasteiger partial charge on any atom is -0.314 e. The number of hydrogen-bond acceptors (Lipinski definition) is 2. The van der Waals surface area contributed by atoms with Crippen LogP contribution in [-0.4, -0.2) is 22.4 Å². The van der Waals surface area contributed by atoms with Crippen molar-refractivity contribution in [3.8, 4) is 0 Å². The summed E-state index contributed by atoms with van der Waals surface area (Å²) >= 11 is 0. The van der Waals surface area contributed by atoms with E-state index in [-0.39, 0.29) is 0 Å². The number of aryl methyl sites for hydroxylation is 1. The normalized spacial score (nSPS) is 12.4. The summed E-state index contributed by atoms with van der Waals surface area (Å²) in [4.78, 5) is 0. The molecule has 0 spiro atoms. The largest absolute Gasteiger partial charge is 0.314 e. The molecule has 1 rings (SSSR count). The minimum absolute atomic E-state index is 0.368. The molecule has 1 aromatic rings. The zero-order chi connectivity index (χ0) is 12.9. The molecule has 0 aromatic carbocycles. The standard InChI is InChI=1S/C14H27N3/c1-6-14(7-2,11-15-12(3)4)8-13-9-16-17(5)10-13/h9-10,12,15H,6-8,11H2,1-5H3. The van der Waals surface area contributed by atoms with Crippen LogP contribution in [0.5, 0.6) is 0 Å². The molecule has 98 valence electrons. The van der Waals surface area contributed by atoms with Crippen molar-refractivity contribution in [2.24, 2.45) is 12.5 Å². The van der Waals surface area contributed by atoms with Crippen LogP contribution < -0.4 is 5.32 Å². The Bertz CT molecular complexity index is 324. The lowest BCUT2D eigenvalue weighted by Gasteiger charge is -2.32. The van der Waals surface area contributed by atoms with Gasteiger partial charge in [0.15, 0.2) is 0 Å². The van der Waals surface area contributed by atoms with Crippen molar-refractivity contribution in [1.82, 2.24) is 15.1 Å². The molecule has 1 aromatic heterocycles. The van der Waals surface area contributed by atoms with Crippen LogP contribution >= 0.6 is 0 Å². The zero-order valence-electron chi connectivity index (χ0n) is 12.0. The summed E-state index contributed by atoms with van der Waals surface area (Å²) in [6.45, 7) is 10.1. The van der Waals surface area contributed by atoms with Crippen LogP contribution in [-0.2, 0) is 13.5 Å². The van der Waals surface area contributed by atoms with Crippen molar-refractivity contribution in [2.45, 2.75) is 53.0 Å². The second-order valence-corrected chi connectivity index (χ2v) is 5.44. The van der Waals surface area contributed by atoms with Crippen LogP contribution in [0.2, 0.25) is 0 Å². The fourth-order valence-electron chi connectivity index (χ4n) is 2.23. The van der Waals surface area contributed by atoms with Crippen molar-refractivity contribution in [2.75, 3.05) is 6.54 Å². The van der Waals surface area contributed by atoms with E-state index in [4.69, 9.17) is 0 Å². The summed E-state index contributed by atoms with van der Waals surface area (Å²) in [5, 5.41) is 7.85. The minimum atomic E-state index is 0.368. The van der Waals surface area contributed by atoms with Crippen molar-refractivity contribution < 1.29 is 0 Å². The molecular formula is C14H27N3. The highest BCUT2D eigenvalue weighted by molar-refractivity contribution is 5.07. The smallest absolute Gasteiger partial charge is 0.0521 e. The Morgan fingerprint density at radius 3 is 2.41 bits per heavy atom. The third-order valence-corrected chi connectivity index (χ3v) is 3.72. The molecular weight excluding hydrogens is 210 g/mol. The van der Waals surface area contributed by atoms with Gasteiger partial charge in [-0.25, -0.2) is 0 Å². The van der Waals surface area contributed by atoms with Gasteiger partial charge in [0.1, 0.15) is 0 Å². The first kappa shape index (κ1) is 14.2. The molecule has 0 radical (unpaired) electrons. The first-order valence-corrected chi connectivity index (χ1v) is 6.72. The maximum atomic E-state index is 4.26. The third-order valence-electron chi connectivity index (χ3n) is 3.72. The Kier molecular flexibility index (Phi) is 5.19. The molecule has 0 aliphatic carbocycles. The van der Waals surface area contributed by atoms with Gasteiger partial charge in [-0.1, -0.05) is 27.7 Å². The zero-order valence-corrected chi connectivity index (χ0v) is 12.0. The van der Waals surface area contributed by atoms with Crippen LogP contribution in [0.1, 0.15) is 46.1 Å². The topological polar surface area (TPSA) is 29.9 Å². The molecule has 0 atom stereocenters. The molecule has 17 heavy (non-hydrogen) atoms. The highest BCUT2D eigenvalue weighted by Crippen LogP contribution is 2.30. The molecule has 0 aliphatic rings. The van der Waals surface area contributed by atoms with Crippen LogP contribution in [0, 0.1) is 5.41 Å². The predicted octanol–water partition coefficient (Wildman–Crippen LogP) is 2.77. The molecule has 0 unspecified atom stereocenters. The molecule has 0 saturated heterocycles. The van der Waals surface area contributed by atoms with Crippen molar-refractivity contribution in [3.05, 3.63) is 18.0 Å². The number of nitrogens with one attached hydrogen (secondary N) is 1. The van der Waals surface area contributed by atoms with E-state index in [9.17, 15) is 0 Å². The van der Waals surface area contributed by atoms with Crippen LogP contribution in [0.15, 0.2) is 12.4 Å². The summed E-state index contributed by atoms with van der Waals surface area (Å²) in [7, 11) is 1.98. The Morgan fingerprint density at radius 1 is 1.35 bits per heavy atom. The second kappa shape index (κ2) is 6.20. The van der Waals surface area contributed by atoms with E-state index in [1.54, 1.807) is 0 Å².